The lowest BCUT2D eigenvalue weighted by molar-refractivity contribution is 0.0908. The topological polar surface area (TPSA) is 17.1 Å². The van der Waals surface area contributed by atoms with E-state index < -0.39 is 0 Å². The second-order valence-corrected chi connectivity index (χ2v) is 6.00. The van der Waals surface area contributed by atoms with Gasteiger partial charge in [0.1, 0.15) is 0 Å². The lowest BCUT2D eigenvalue weighted by Gasteiger charge is -2.13. The van der Waals surface area contributed by atoms with Gasteiger partial charge in [-0.1, -0.05) is 53.2 Å². The maximum absolute atomic E-state index is 12.4. The number of hydrogen-bond donors (Lipinski definition) is 0. The minimum absolute atomic E-state index is 0.171. The van der Waals surface area contributed by atoms with Crippen molar-refractivity contribution in [3.05, 3.63) is 33.3 Å². The summed E-state index contributed by atoms with van der Waals surface area (Å²) in [6.45, 7) is 0. The van der Waals surface area contributed by atoms with Crippen LogP contribution in [0, 0.1) is 5.92 Å². The van der Waals surface area contributed by atoms with Gasteiger partial charge < -0.3 is 0 Å². The highest BCUT2D eigenvalue weighted by Crippen LogP contribution is 2.29. The highest BCUT2D eigenvalue weighted by molar-refractivity contribution is 9.10. The molecule has 1 aliphatic rings. The minimum atomic E-state index is 0.171. The van der Waals surface area contributed by atoms with Crippen molar-refractivity contribution in [2.24, 2.45) is 5.92 Å². The van der Waals surface area contributed by atoms with E-state index in [9.17, 15) is 4.79 Å². The summed E-state index contributed by atoms with van der Waals surface area (Å²) in [6.07, 6.45) is 6.89. The van der Waals surface area contributed by atoms with Crippen LogP contribution in [0.15, 0.2) is 22.7 Å². The maximum Gasteiger partial charge on any atom is 0.167 e. The number of halogens is 2. The van der Waals surface area contributed by atoms with Crippen LogP contribution in [0.4, 0.5) is 0 Å². The molecule has 1 aromatic carbocycles. The van der Waals surface area contributed by atoms with Crippen molar-refractivity contribution in [2.45, 2.75) is 38.5 Å². The lowest BCUT2D eigenvalue weighted by Crippen LogP contribution is -2.14. The van der Waals surface area contributed by atoms with Gasteiger partial charge in [0, 0.05) is 16.0 Å². The molecule has 0 aliphatic heterocycles. The first-order valence-corrected chi connectivity index (χ1v) is 7.35. The maximum atomic E-state index is 12.4. The molecule has 0 atom stereocenters. The molecule has 2 rings (SSSR count). The van der Waals surface area contributed by atoms with Gasteiger partial charge in [-0.2, -0.15) is 0 Å². The van der Waals surface area contributed by atoms with Crippen LogP contribution in [-0.4, -0.2) is 5.78 Å². The van der Waals surface area contributed by atoms with Gasteiger partial charge >= 0.3 is 0 Å². The molecule has 0 amide bonds. The van der Waals surface area contributed by atoms with Crippen LogP contribution in [0.5, 0.6) is 0 Å². The average molecular weight is 316 g/mol. The lowest BCUT2D eigenvalue weighted by atomic mass is 9.91. The molecule has 0 heterocycles. The van der Waals surface area contributed by atoms with Crippen LogP contribution in [0.2, 0.25) is 5.02 Å². The molecule has 0 spiro atoms. The Balaban J connectivity index is 2.20. The van der Waals surface area contributed by atoms with E-state index in [4.69, 9.17) is 11.6 Å². The highest BCUT2D eigenvalue weighted by atomic mass is 79.9. The van der Waals surface area contributed by atoms with E-state index >= 15 is 0 Å². The number of carbonyl (C=O) groups excluding carboxylic acids is 1. The zero-order chi connectivity index (χ0) is 12.3. The van der Waals surface area contributed by atoms with E-state index in [0.717, 1.165) is 17.3 Å². The molecule has 0 unspecified atom stereocenters. The van der Waals surface area contributed by atoms with Crippen LogP contribution in [0.1, 0.15) is 48.9 Å². The van der Waals surface area contributed by atoms with E-state index in [0.29, 0.717) is 10.6 Å². The fourth-order valence-electron chi connectivity index (χ4n) is 2.45. The molecule has 0 bridgehead atoms. The third kappa shape index (κ3) is 3.32. The van der Waals surface area contributed by atoms with Crippen molar-refractivity contribution in [3.63, 3.8) is 0 Å². The van der Waals surface area contributed by atoms with Gasteiger partial charge in [-0.05, 0) is 31.0 Å². The van der Waals surface area contributed by atoms with E-state index in [2.05, 4.69) is 15.9 Å². The molecule has 92 valence electrons. The predicted molar refractivity (Wildman–Crippen MR) is 74.7 cm³/mol. The van der Waals surface area contributed by atoms with Gasteiger partial charge in [0.25, 0.3) is 0 Å². The summed E-state index contributed by atoms with van der Waals surface area (Å²) in [5.74, 6) is 0.391. The molecule has 1 nitrogen and oxygen atoms in total. The Kier molecular flexibility index (Phi) is 4.63. The molecule has 1 aliphatic carbocycles. The smallest absolute Gasteiger partial charge is 0.167 e. The van der Waals surface area contributed by atoms with Gasteiger partial charge in [-0.25, -0.2) is 0 Å². The van der Waals surface area contributed by atoms with Crippen LogP contribution in [0.25, 0.3) is 0 Å². The van der Waals surface area contributed by atoms with Crippen LogP contribution in [0.3, 0.4) is 0 Å². The monoisotopic (exact) mass is 314 g/mol. The van der Waals surface area contributed by atoms with E-state index in [1.165, 1.54) is 25.7 Å². The van der Waals surface area contributed by atoms with Gasteiger partial charge in [0.05, 0.1) is 5.02 Å². The third-order valence-corrected chi connectivity index (χ3v) is 4.24. The number of ketones is 1. The van der Waals surface area contributed by atoms with Crippen molar-refractivity contribution in [1.82, 2.24) is 0 Å². The second kappa shape index (κ2) is 6.01. The van der Waals surface area contributed by atoms with Gasteiger partial charge in [-0.3, -0.25) is 4.79 Å². The highest BCUT2D eigenvalue weighted by Gasteiger charge is 2.23. The molecule has 0 N–H and O–H groups in total. The molecule has 17 heavy (non-hydrogen) atoms. The summed E-state index contributed by atoms with van der Waals surface area (Å²) in [5, 5.41) is 0.572. The molecule has 0 radical (unpaired) electrons. The largest absolute Gasteiger partial charge is 0.294 e. The fourth-order valence-corrected chi connectivity index (χ4v) is 3.02. The van der Waals surface area contributed by atoms with Crippen LogP contribution >= 0.6 is 27.5 Å². The average Bonchev–Trinajstić information content (AvgIpc) is 2.60. The van der Waals surface area contributed by atoms with E-state index in [1.807, 2.05) is 12.1 Å². The number of benzene rings is 1. The fraction of sp³-hybridized carbons (Fsp3) is 0.500. The van der Waals surface area contributed by atoms with Crippen molar-refractivity contribution in [1.29, 1.82) is 0 Å². The van der Waals surface area contributed by atoms with Crippen molar-refractivity contribution in [2.75, 3.05) is 0 Å². The van der Waals surface area contributed by atoms with Crippen LogP contribution in [-0.2, 0) is 0 Å². The normalized spacial score (nSPS) is 17.8. The summed E-state index contributed by atoms with van der Waals surface area (Å²) in [6, 6.07) is 5.50. The zero-order valence-corrected chi connectivity index (χ0v) is 12.1. The summed E-state index contributed by atoms with van der Waals surface area (Å²) in [5.41, 5.74) is 0.674. The molecule has 1 saturated carbocycles. The second-order valence-electron chi connectivity index (χ2n) is 4.68. The molecular weight excluding hydrogens is 300 g/mol. The van der Waals surface area contributed by atoms with Gasteiger partial charge in [0.2, 0.25) is 0 Å². The summed E-state index contributed by atoms with van der Waals surface area (Å²) in [7, 11) is 0. The number of rotatable bonds is 2. The number of carbonyl (C=O) groups is 1. The van der Waals surface area contributed by atoms with Crippen LogP contribution < -0.4 is 0 Å². The van der Waals surface area contributed by atoms with E-state index in [1.54, 1.807) is 6.07 Å². The van der Waals surface area contributed by atoms with Gasteiger partial charge in [0.15, 0.2) is 5.78 Å². The molecule has 1 aromatic rings. The standard InChI is InChI=1S/C14H16BrClO/c15-11-7-8-13(16)12(9-11)14(17)10-5-3-1-2-4-6-10/h7-10H,1-6H2. The quantitative estimate of drug-likeness (QED) is 0.537. The third-order valence-electron chi connectivity index (χ3n) is 3.42. The Morgan fingerprint density at radius 1 is 1.18 bits per heavy atom. The summed E-state index contributed by atoms with van der Waals surface area (Å²) < 4.78 is 0.916. The Bertz CT molecular complexity index is 409. The molecule has 0 aromatic heterocycles. The number of Topliss-reactive ketones (excluding diaryl/α,β-unsaturated/α-hetero) is 1. The molecule has 3 heteroatoms. The number of hydrogen-bond acceptors (Lipinski definition) is 1. The van der Waals surface area contributed by atoms with Crippen molar-refractivity contribution >= 4 is 33.3 Å². The van der Waals surface area contributed by atoms with Crippen molar-refractivity contribution in [3.8, 4) is 0 Å². The summed E-state index contributed by atoms with van der Waals surface area (Å²) in [4.78, 5) is 12.4. The Hall–Kier alpha value is -0.340. The Morgan fingerprint density at radius 2 is 1.82 bits per heavy atom. The summed E-state index contributed by atoms with van der Waals surface area (Å²) >= 11 is 9.50. The first-order valence-electron chi connectivity index (χ1n) is 6.18. The zero-order valence-electron chi connectivity index (χ0n) is 9.72. The van der Waals surface area contributed by atoms with Crippen molar-refractivity contribution < 1.29 is 4.79 Å². The first kappa shape index (κ1) is 13.1. The molecule has 1 fully saturated rings. The minimum Gasteiger partial charge on any atom is -0.294 e. The predicted octanol–water partition coefficient (Wildman–Crippen LogP) is 5.26. The Labute approximate surface area is 116 Å². The first-order chi connectivity index (χ1) is 8.18. The Morgan fingerprint density at radius 3 is 2.47 bits per heavy atom. The molecule has 0 saturated heterocycles. The molecular formula is C14H16BrClO. The SMILES string of the molecule is O=C(c1cc(Br)ccc1Cl)C1CCCCCC1. The van der Waals surface area contributed by atoms with Gasteiger partial charge in [-0.15, -0.1) is 0 Å². The van der Waals surface area contributed by atoms with E-state index in [-0.39, 0.29) is 11.7 Å².